The van der Waals surface area contributed by atoms with Crippen molar-refractivity contribution in [2.24, 2.45) is 0 Å². The van der Waals surface area contributed by atoms with E-state index < -0.39 is 28.9 Å². The molecular weight excluding hydrogens is 219 g/mol. The molecule has 1 heterocycles. The maximum absolute atomic E-state index is 12.9. The standard InChI is InChI=1S/C8H5ClF3NO/c1-3-2-4(6(9)14)8(12)13-5(3)7(10)11/h2,7H,1H3. The fraction of sp³-hybridized carbons (Fsp3) is 0.250. The summed E-state index contributed by atoms with van der Waals surface area (Å²) < 4.78 is 37.3. The van der Waals surface area contributed by atoms with E-state index in [0.29, 0.717) is 0 Å². The molecule has 0 atom stereocenters. The Morgan fingerprint density at radius 3 is 2.57 bits per heavy atom. The molecule has 0 aliphatic rings. The normalized spacial score (nSPS) is 10.7. The molecule has 14 heavy (non-hydrogen) atoms. The van der Waals surface area contributed by atoms with Crippen molar-refractivity contribution >= 4 is 16.8 Å². The van der Waals surface area contributed by atoms with Crippen molar-refractivity contribution in [2.75, 3.05) is 0 Å². The van der Waals surface area contributed by atoms with Crippen molar-refractivity contribution in [1.82, 2.24) is 4.98 Å². The Bertz CT molecular complexity index is 381. The van der Waals surface area contributed by atoms with E-state index >= 15 is 0 Å². The van der Waals surface area contributed by atoms with Crippen molar-refractivity contribution < 1.29 is 18.0 Å². The number of rotatable bonds is 2. The first-order valence-electron chi connectivity index (χ1n) is 3.58. The minimum absolute atomic E-state index is 0.0328. The van der Waals surface area contributed by atoms with Gasteiger partial charge in [0.2, 0.25) is 5.95 Å². The lowest BCUT2D eigenvalue weighted by atomic mass is 10.1. The van der Waals surface area contributed by atoms with E-state index in [0.717, 1.165) is 6.07 Å². The monoisotopic (exact) mass is 223 g/mol. The molecule has 76 valence electrons. The number of nitrogens with zero attached hydrogens (tertiary/aromatic N) is 1. The van der Waals surface area contributed by atoms with Crippen molar-refractivity contribution in [1.29, 1.82) is 0 Å². The molecule has 0 fully saturated rings. The predicted octanol–water partition coefficient (Wildman–Crippen LogP) is 2.85. The molecule has 0 spiro atoms. The van der Waals surface area contributed by atoms with Gasteiger partial charge in [0.05, 0.1) is 5.56 Å². The number of aryl methyl sites for hydroxylation is 1. The second kappa shape index (κ2) is 3.96. The molecule has 0 saturated carbocycles. The molecule has 0 aliphatic heterocycles. The van der Waals surface area contributed by atoms with Crippen molar-refractivity contribution in [3.05, 3.63) is 28.8 Å². The van der Waals surface area contributed by atoms with Gasteiger partial charge in [-0.2, -0.15) is 4.39 Å². The van der Waals surface area contributed by atoms with E-state index in [1.807, 2.05) is 0 Å². The Balaban J connectivity index is 3.31. The number of carbonyl (C=O) groups excluding carboxylic acids is 1. The van der Waals surface area contributed by atoms with Crippen LogP contribution in [0.5, 0.6) is 0 Å². The second-order valence-electron chi connectivity index (χ2n) is 2.60. The van der Waals surface area contributed by atoms with Gasteiger partial charge in [-0.3, -0.25) is 4.79 Å². The SMILES string of the molecule is Cc1cc(C(=O)Cl)c(F)nc1C(F)F. The second-order valence-corrected chi connectivity index (χ2v) is 2.95. The van der Waals surface area contributed by atoms with Crippen LogP contribution in [0.2, 0.25) is 0 Å². The topological polar surface area (TPSA) is 30.0 Å². The van der Waals surface area contributed by atoms with E-state index in [1.165, 1.54) is 6.92 Å². The lowest BCUT2D eigenvalue weighted by Gasteiger charge is -2.05. The summed E-state index contributed by atoms with van der Waals surface area (Å²) in [5.74, 6) is -1.27. The van der Waals surface area contributed by atoms with Gasteiger partial charge in [-0.25, -0.2) is 13.8 Å². The van der Waals surface area contributed by atoms with Crippen LogP contribution in [0.4, 0.5) is 13.2 Å². The average Bonchev–Trinajstić information content (AvgIpc) is 2.07. The number of hydrogen-bond donors (Lipinski definition) is 0. The van der Waals surface area contributed by atoms with E-state index in [9.17, 15) is 18.0 Å². The number of alkyl halides is 2. The van der Waals surface area contributed by atoms with Crippen LogP contribution < -0.4 is 0 Å². The molecule has 0 saturated heterocycles. The van der Waals surface area contributed by atoms with E-state index in [1.54, 1.807) is 0 Å². The van der Waals surface area contributed by atoms with Crippen LogP contribution >= 0.6 is 11.6 Å². The lowest BCUT2D eigenvalue weighted by molar-refractivity contribution is 0.107. The van der Waals surface area contributed by atoms with Crippen LogP contribution in [-0.4, -0.2) is 10.2 Å². The Labute approximate surface area is 82.7 Å². The van der Waals surface area contributed by atoms with Crippen LogP contribution in [0.25, 0.3) is 0 Å². The molecule has 0 bridgehead atoms. The molecule has 6 heteroatoms. The third kappa shape index (κ3) is 2.04. The Hall–Kier alpha value is -1.10. The minimum atomic E-state index is -2.87. The summed E-state index contributed by atoms with van der Waals surface area (Å²) in [5, 5.41) is -1.06. The summed E-state index contributed by atoms with van der Waals surface area (Å²) in [7, 11) is 0. The number of halogens is 4. The maximum atomic E-state index is 12.9. The summed E-state index contributed by atoms with van der Waals surface area (Å²) in [6, 6.07) is 0.958. The molecule has 0 amide bonds. The summed E-state index contributed by atoms with van der Waals surface area (Å²) >= 11 is 5.01. The van der Waals surface area contributed by atoms with Gasteiger partial charge in [-0.1, -0.05) is 0 Å². The molecule has 1 aromatic rings. The Kier molecular flexibility index (Phi) is 3.10. The highest BCUT2D eigenvalue weighted by Crippen LogP contribution is 2.22. The van der Waals surface area contributed by atoms with Gasteiger partial charge in [0.15, 0.2) is 0 Å². The summed E-state index contributed by atoms with van der Waals surface area (Å²) in [6.45, 7) is 1.30. The number of pyridine rings is 1. The van der Waals surface area contributed by atoms with Gasteiger partial charge >= 0.3 is 0 Å². The van der Waals surface area contributed by atoms with Crippen molar-refractivity contribution in [2.45, 2.75) is 13.3 Å². The van der Waals surface area contributed by atoms with Crippen LogP contribution in [0, 0.1) is 12.9 Å². The van der Waals surface area contributed by atoms with Crippen molar-refractivity contribution in [3.63, 3.8) is 0 Å². The first-order valence-corrected chi connectivity index (χ1v) is 3.96. The molecule has 0 N–H and O–H groups in total. The highest BCUT2D eigenvalue weighted by atomic mass is 35.5. The molecule has 0 aromatic carbocycles. The molecule has 2 nitrogen and oxygen atoms in total. The van der Waals surface area contributed by atoms with E-state index in [-0.39, 0.29) is 5.56 Å². The zero-order chi connectivity index (χ0) is 10.9. The summed E-state index contributed by atoms with van der Waals surface area (Å²) in [4.78, 5) is 13.6. The molecule has 0 unspecified atom stereocenters. The van der Waals surface area contributed by atoms with Gasteiger partial charge in [-0.15, -0.1) is 0 Å². The van der Waals surface area contributed by atoms with Gasteiger partial charge < -0.3 is 0 Å². The smallest absolute Gasteiger partial charge is 0.275 e. The number of aromatic nitrogens is 1. The third-order valence-electron chi connectivity index (χ3n) is 1.62. The van der Waals surface area contributed by atoms with Gasteiger partial charge in [0.1, 0.15) is 5.69 Å². The fourth-order valence-corrected chi connectivity index (χ4v) is 1.10. The third-order valence-corrected chi connectivity index (χ3v) is 1.83. The molecule has 0 aliphatic carbocycles. The Morgan fingerprint density at radius 2 is 2.14 bits per heavy atom. The van der Waals surface area contributed by atoms with Gasteiger partial charge in [-0.05, 0) is 30.2 Å². The van der Waals surface area contributed by atoms with E-state index in [2.05, 4.69) is 4.98 Å². The van der Waals surface area contributed by atoms with Gasteiger partial charge in [0.25, 0.3) is 11.7 Å². The van der Waals surface area contributed by atoms with Crippen molar-refractivity contribution in [3.8, 4) is 0 Å². The molecule has 0 radical (unpaired) electrons. The zero-order valence-electron chi connectivity index (χ0n) is 7.02. The minimum Gasteiger partial charge on any atom is -0.275 e. The lowest BCUT2D eigenvalue weighted by Crippen LogP contribution is -2.04. The summed E-state index contributed by atoms with van der Waals surface area (Å²) in [6.07, 6.45) is -2.87. The molecule has 1 aromatic heterocycles. The predicted molar refractivity (Wildman–Crippen MR) is 44.1 cm³/mol. The molecule has 1 rings (SSSR count). The van der Waals surface area contributed by atoms with Gasteiger partial charge in [0, 0.05) is 0 Å². The Morgan fingerprint density at radius 1 is 1.57 bits per heavy atom. The van der Waals surface area contributed by atoms with Crippen LogP contribution in [0.1, 0.15) is 28.0 Å². The van der Waals surface area contributed by atoms with Crippen LogP contribution in [0.15, 0.2) is 6.07 Å². The average molecular weight is 224 g/mol. The highest BCUT2D eigenvalue weighted by Gasteiger charge is 2.18. The van der Waals surface area contributed by atoms with E-state index in [4.69, 9.17) is 11.6 Å². The first kappa shape index (κ1) is 11.0. The quantitative estimate of drug-likeness (QED) is 0.570. The summed E-state index contributed by atoms with van der Waals surface area (Å²) in [5.41, 5.74) is -1.14. The molecular formula is C8H5ClF3NO. The van der Waals surface area contributed by atoms with Crippen LogP contribution in [-0.2, 0) is 0 Å². The maximum Gasteiger partial charge on any atom is 0.280 e. The number of carbonyl (C=O) groups is 1. The largest absolute Gasteiger partial charge is 0.280 e. The highest BCUT2D eigenvalue weighted by molar-refractivity contribution is 6.67. The van der Waals surface area contributed by atoms with Crippen LogP contribution in [0.3, 0.4) is 0 Å². The first-order chi connectivity index (χ1) is 6.43. The zero-order valence-corrected chi connectivity index (χ0v) is 7.78. The number of hydrogen-bond acceptors (Lipinski definition) is 2. The fourth-order valence-electron chi connectivity index (χ4n) is 0.963.